The molecule has 1 atom stereocenters. The molecule has 0 aliphatic carbocycles. The quantitative estimate of drug-likeness (QED) is 0.868. The average Bonchev–Trinajstić information content (AvgIpc) is 2.69. The van der Waals surface area contributed by atoms with Crippen LogP contribution in [-0.4, -0.2) is 14.9 Å². The number of hydrogen-bond donors (Lipinski definition) is 1. The van der Waals surface area contributed by atoms with Crippen LogP contribution in [0.2, 0.25) is 0 Å². The van der Waals surface area contributed by atoms with Crippen molar-refractivity contribution in [2.45, 2.75) is 12.5 Å². The van der Waals surface area contributed by atoms with Gasteiger partial charge in [0, 0.05) is 24.4 Å². The largest absolute Gasteiger partial charge is 0.380 e. The van der Waals surface area contributed by atoms with E-state index >= 15 is 0 Å². The zero-order valence-corrected chi connectivity index (χ0v) is 9.48. The molecule has 0 fully saturated rings. The van der Waals surface area contributed by atoms with Crippen molar-refractivity contribution in [3.8, 4) is 0 Å². The molecule has 0 saturated carbocycles. The molecule has 1 unspecified atom stereocenters. The van der Waals surface area contributed by atoms with Crippen molar-refractivity contribution in [3.63, 3.8) is 0 Å². The lowest BCUT2D eigenvalue weighted by atomic mass is 9.90. The lowest BCUT2D eigenvalue weighted by Crippen LogP contribution is -2.24. The molecule has 2 rings (SSSR count). The van der Waals surface area contributed by atoms with Gasteiger partial charge in [0.25, 0.3) is 0 Å². The third-order valence-electron chi connectivity index (χ3n) is 2.74. The highest BCUT2D eigenvalue weighted by Gasteiger charge is 2.31. The van der Waals surface area contributed by atoms with E-state index in [9.17, 15) is 13.9 Å². The second-order valence-corrected chi connectivity index (χ2v) is 4.08. The SMILES string of the molecule is Cn1cc(C(C)(O)c2cccc(F)c2F)cn1. The molecule has 5 heteroatoms. The smallest absolute Gasteiger partial charge is 0.165 e. The minimum atomic E-state index is -1.61. The minimum Gasteiger partial charge on any atom is -0.380 e. The van der Waals surface area contributed by atoms with Crippen LogP contribution in [0, 0.1) is 11.6 Å². The Morgan fingerprint density at radius 2 is 2.06 bits per heavy atom. The Labute approximate surface area is 97.3 Å². The Morgan fingerprint density at radius 1 is 1.35 bits per heavy atom. The highest BCUT2D eigenvalue weighted by molar-refractivity contribution is 5.34. The molecule has 2 aromatic rings. The third kappa shape index (κ3) is 1.93. The van der Waals surface area contributed by atoms with E-state index in [0.29, 0.717) is 5.56 Å². The van der Waals surface area contributed by atoms with Gasteiger partial charge in [-0.3, -0.25) is 4.68 Å². The van der Waals surface area contributed by atoms with E-state index in [4.69, 9.17) is 0 Å². The van der Waals surface area contributed by atoms with Gasteiger partial charge in [0.1, 0.15) is 5.60 Å². The first-order valence-electron chi connectivity index (χ1n) is 5.09. The summed E-state index contributed by atoms with van der Waals surface area (Å²) >= 11 is 0. The second-order valence-electron chi connectivity index (χ2n) is 4.08. The van der Waals surface area contributed by atoms with E-state index in [-0.39, 0.29) is 5.56 Å². The molecule has 1 N–H and O–H groups in total. The average molecular weight is 238 g/mol. The number of aromatic nitrogens is 2. The first kappa shape index (κ1) is 11.7. The van der Waals surface area contributed by atoms with Gasteiger partial charge >= 0.3 is 0 Å². The van der Waals surface area contributed by atoms with Gasteiger partial charge in [-0.15, -0.1) is 0 Å². The van der Waals surface area contributed by atoms with Gasteiger partial charge in [-0.05, 0) is 13.0 Å². The molecule has 1 aromatic carbocycles. The molecular weight excluding hydrogens is 226 g/mol. The summed E-state index contributed by atoms with van der Waals surface area (Å²) in [6, 6.07) is 3.72. The van der Waals surface area contributed by atoms with E-state index in [0.717, 1.165) is 6.07 Å². The van der Waals surface area contributed by atoms with Crippen molar-refractivity contribution in [3.05, 3.63) is 53.4 Å². The number of aliphatic hydroxyl groups is 1. The van der Waals surface area contributed by atoms with Gasteiger partial charge in [0.05, 0.1) is 6.20 Å². The lowest BCUT2D eigenvalue weighted by Gasteiger charge is -2.23. The summed E-state index contributed by atoms with van der Waals surface area (Å²) < 4.78 is 28.2. The van der Waals surface area contributed by atoms with Crippen LogP contribution in [0.1, 0.15) is 18.1 Å². The molecule has 0 spiro atoms. The van der Waals surface area contributed by atoms with Crippen LogP contribution in [0.5, 0.6) is 0 Å². The van der Waals surface area contributed by atoms with Crippen molar-refractivity contribution < 1.29 is 13.9 Å². The molecular formula is C12H12F2N2O. The normalized spacial score (nSPS) is 14.6. The summed E-state index contributed by atoms with van der Waals surface area (Å²) in [6.45, 7) is 1.40. The fraction of sp³-hybridized carbons (Fsp3) is 0.250. The molecule has 1 heterocycles. The number of nitrogens with zero attached hydrogens (tertiary/aromatic N) is 2. The summed E-state index contributed by atoms with van der Waals surface area (Å²) in [4.78, 5) is 0. The Bertz CT molecular complexity index is 549. The van der Waals surface area contributed by atoms with Crippen molar-refractivity contribution in [2.24, 2.45) is 7.05 Å². The van der Waals surface area contributed by atoms with Crippen LogP contribution < -0.4 is 0 Å². The summed E-state index contributed by atoms with van der Waals surface area (Å²) in [6.07, 6.45) is 2.98. The predicted molar refractivity (Wildman–Crippen MR) is 58.2 cm³/mol. The molecule has 0 aliphatic heterocycles. The molecule has 0 saturated heterocycles. The van der Waals surface area contributed by atoms with Crippen molar-refractivity contribution >= 4 is 0 Å². The molecule has 0 aliphatic rings. The lowest BCUT2D eigenvalue weighted by molar-refractivity contribution is 0.0969. The Balaban J connectivity index is 2.55. The third-order valence-corrected chi connectivity index (χ3v) is 2.74. The fourth-order valence-electron chi connectivity index (χ4n) is 1.71. The van der Waals surface area contributed by atoms with Crippen LogP contribution in [-0.2, 0) is 12.6 Å². The maximum absolute atomic E-state index is 13.6. The molecule has 3 nitrogen and oxygen atoms in total. The maximum Gasteiger partial charge on any atom is 0.165 e. The number of hydrogen-bond acceptors (Lipinski definition) is 2. The highest BCUT2D eigenvalue weighted by atomic mass is 19.2. The molecule has 1 aromatic heterocycles. The summed E-state index contributed by atoms with van der Waals surface area (Å²) in [7, 11) is 1.68. The standard InChI is InChI=1S/C12H12F2N2O/c1-12(17,8-6-15-16(2)7-8)9-4-3-5-10(13)11(9)14/h3-7,17H,1-2H3. The number of rotatable bonds is 2. The Morgan fingerprint density at radius 3 is 2.65 bits per heavy atom. The molecule has 0 bridgehead atoms. The monoisotopic (exact) mass is 238 g/mol. The maximum atomic E-state index is 13.6. The van der Waals surface area contributed by atoms with Crippen LogP contribution in [0.3, 0.4) is 0 Å². The highest BCUT2D eigenvalue weighted by Crippen LogP contribution is 2.31. The minimum absolute atomic E-state index is 0.106. The van der Waals surface area contributed by atoms with Gasteiger partial charge in [-0.2, -0.15) is 5.10 Å². The number of halogens is 2. The fourth-order valence-corrected chi connectivity index (χ4v) is 1.71. The number of benzene rings is 1. The van der Waals surface area contributed by atoms with Gasteiger partial charge in [-0.1, -0.05) is 12.1 Å². The summed E-state index contributed by atoms with van der Waals surface area (Å²) in [5.74, 6) is -2.02. The molecule has 0 radical (unpaired) electrons. The van der Waals surface area contributed by atoms with Crippen molar-refractivity contribution in [1.29, 1.82) is 0 Å². The van der Waals surface area contributed by atoms with Gasteiger partial charge in [0.15, 0.2) is 11.6 Å². The zero-order chi connectivity index (χ0) is 12.6. The molecule has 17 heavy (non-hydrogen) atoms. The Kier molecular flexibility index (Phi) is 2.71. The molecule has 90 valence electrons. The van der Waals surface area contributed by atoms with Crippen LogP contribution >= 0.6 is 0 Å². The van der Waals surface area contributed by atoms with Crippen molar-refractivity contribution in [2.75, 3.05) is 0 Å². The Hall–Kier alpha value is -1.75. The number of aryl methyl sites for hydroxylation is 1. The van der Waals surface area contributed by atoms with E-state index < -0.39 is 17.2 Å². The van der Waals surface area contributed by atoms with Crippen molar-refractivity contribution in [1.82, 2.24) is 9.78 Å². The van der Waals surface area contributed by atoms with E-state index in [1.807, 2.05) is 0 Å². The summed E-state index contributed by atoms with van der Waals surface area (Å²) in [5, 5.41) is 14.2. The van der Waals surface area contributed by atoms with Crippen LogP contribution in [0.25, 0.3) is 0 Å². The van der Waals surface area contributed by atoms with E-state index in [2.05, 4.69) is 5.10 Å². The van der Waals surface area contributed by atoms with Crippen LogP contribution in [0.15, 0.2) is 30.6 Å². The van der Waals surface area contributed by atoms with Gasteiger partial charge < -0.3 is 5.11 Å². The summed E-state index contributed by atoms with van der Waals surface area (Å²) in [5.41, 5.74) is -1.31. The van der Waals surface area contributed by atoms with Crippen LogP contribution in [0.4, 0.5) is 8.78 Å². The van der Waals surface area contributed by atoms with Gasteiger partial charge in [-0.25, -0.2) is 8.78 Å². The van der Waals surface area contributed by atoms with E-state index in [1.165, 1.54) is 29.9 Å². The first-order chi connectivity index (χ1) is 7.93. The topological polar surface area (TPSA) is 38.0 Å². The van der Waals surface area contributed by atoms with E-state index in [1.54, 1.807) is 13.2 Å². The predicted octanol–water partition coefficient (Wildman–Crippen LogP) is 1.95. The second kappa shape index (κ2) is 3.92. The first-order valence-corrected chi connectivity index (χ1v) is 5.09. The molecule has 0 amide bonds. The van der Waals surface area contributed by atoms with Gasteiger partial charge in [0.2, 0.25) is 0 Å². The zero-order valence-electron chi connectivity index (χ0n) is 9.48.